The second kappa shape index (κ2) is 6.12. The molecule has 18 heavy (non-hydrogen) atoms. The van der Waals surface area contributed by atoms with Crippen LogP contribution < -0.4 is 0 Å². The SMILES string of the molecule is S=C=NC(c1ccc(Cl)cc1)c1ccc(Cl)cc1. The molecule has 2 rings (SSSR count). The molecule has 90 valence electrons. The molecule has 2 aromatic rings. The van der Waals surface area contributed by atoms with E-state index in [-0.39, 0.29) is 6.04 Å². The summed E-state index contributed by atoms with van der Waals surface area (Å²) in [4.78, 5) is 4.20. The van der Waals surface area contributed by atoms with Crippen LogP contribution in [0, 0.1) is 0 Å². The van der Waals surface area contributed by atoms with Gasteiger partial charge in [0.15, 0.2) is 0 Å². The Balaban J connectivity index is 2.42. The second-order valence-electron chi connectivity index (χ2n) is 3.73. The number of nitrogens with zero attached hydrogens (tertiary/aromatic N) is 1. The van der Waals surface area contributed by atoms with Crippen molar-refractivity contribution in [2.45, 2.75) is 6.04 Å². The summed E-state index contributed by atoms with van der Waals surface area (Å²) in [7, 11) is 0. The van der Waals surface area contributed by atoms with Gasteiger partial charge in [-0.3, -0.25) is 0 Å². The lowest BCUT2D eigenvalue weighted by Crippen LogP contribution is -1.97. The maximum Gasteiger partial charge on any atom is 0.110 e. The van der Waals surface area contributed by atoms with Gasteiger partial charge in [-0.25, -0.2) is 4.99 Å². The summed E-state index contributed by atoms with van der Waals surface area (Å²) in [6.07, 6.45) is 0. The van der Waals surface area contributed by atoms with Crippen LogP contribution in [-0.2, 0) is 0 Å². The van der Waals surface area contributed by atoms with Crippen LogP contribution in [0.15, 0.2) is 53.5 Å². The van der Waals surface area contributed by atoms with Gasteiger partial charge in [-0.05, 0) is 47.6 Å². The minimum absolute atomic E-state index is 0.169. The molecular formula is C14H9Cl2NS. The van der Waals surface area contributed by atoms with Gasteiger partial charge in [0.2, 0.25) is 0 Å². The van der Waals surface area contributed by atoms with Crippen molar-refractivity contribution < 1.29 is 0 Å². The first-order valence-corrected chi connectivity index (χ1v) is 6.45. The average Bonchev–Trinajstić information content (AvgIpc) is 2.39. The number of isothiocyanates is 1. The largest absolute Gasteiger partial charge is 0.219 e. The molecule has 0 spiro atoms. The van der Waals surface area contributed by atoms with Crippen LogP contribution in [0.4, 0.5) is 0 Å². The Hall–Kier alpha value is -1.18. The molecule has 0 aliphatic rings. The Kier molecular flexibility index (Phi) is 4.51. The molecule has 0 N–H and O–H groups in total. The van der Waals surface area contributed by atoms with E-state index in [9.17, 15) is 0 Å². The van der Waals surface area contributed by atoms with Crippen LogP contribution in [0.2, 0.25) is 10.0 Å². The Morgan fingerprint density at radius 3 is 1.56 bits per heavy atom. The fourth-order valence-corrected chi connectivity index (χ4v) is 2.04. The molecule has 0 aliphatic heterocycles. The Labute approximate surface area is 121 Å². The minimum Gasteiger partial charge on any atom is -0.219 e. The third-order valence-corrected chi connectivity index (χ3v) is 3.16. The molecule has 0 fully saturated rings. The van der Waals surface area contributed by atoms with Crippen LogP contribution in [0.1, 0.15) is 17.2 Å². The molecule has 0 bridgehead atoms. The standard InChI is InChI=1S/C14H9Cl2NS/c15-12-5-1-10(2-6-12)14(17-9-18)11-3-7-13(16)8-4-11/h1-8,14H. The molecule has 0 aliphatic carbocycles. The van der Waals surface area contributed by atoms with Gasteiger partial charge in [-0.2, -0.15) is 0 Å². The number of halogens is 2. The molecular weight excluding hydrogens is 285 g/mol. The number of thiocarbonyl (C=S) groups is 1. The Bertz CT molecular complexity index is 526. The normalized spacial score (nSPS) is 10.2. The molecule has 4 heteroatoms. The first kappa shape index (κ1) is 13.3. The number of benzene rings is 2. The average molecular weight is 294 g/mol. The van der Waals surface area contributed by atoms with Crippen molar-refractivity contribution >= 4 is 40.6 Å². The lowest BCUT2D eigenvalue weighted by Gasteiger charge is -2.12. The summed E-state index contributed by atoms with van der Waals surface area (Å²) in [5.74, 6) is 0. The van der Waals surface area contributed by atoms with E-state index in [1.165, 1.54) is 0 Å². The van der Waals surface area contributed by atoms with E-state index in [2.05, 4.69) is 10.2 Å². The van der Waals surface area contributed by atoms with Crippen molar-refractivity contribution in [1.82, 2.24) is 0 Å². The van der Waals surface area contributed by atoms with Crippen molar-refractivity contribution in [3.8, 4) is 0 Å². The summed E-state index contributed by atoms with van der Waals surface area (Å²) in [5.41, 5.74) is 2.03. The minimum atomic E-state index is -0.169. The van der Waals surface area contributed by atoms with Gasteiger partial charge in [-0.15, -0.1) is 0 Å². The Morgan fingerprint density at radius 1 is 0.833 bits per heavy atom. The van der Waals surface area contributed by atoms with Gasteiger partial charge < -0.3 is 0 Å². The zero-order valence-corrected chi connectivity index (χ0v) is 11.6. The smallest absolute Gasteiger partial charge is 0.110 e. The zero-order valence-electron chi connectivity index (χ0n) is 9.31. The highest BCUT2D eigenvalue weighted by atomic mass is 35.5. The fraction of sp³-hybridized carbons (Fsp3) is 0.0714. The van der Waals surface area contributed by atoms with E-state index in [1.807, 2.05) is 48.5 Å². The van der Waals surface area contributed by atoms with Crippen molar-refractivity contribution in [2.24, 2.45) is 4.99 Å². The molecule has 0 heterocycles. The van der Waals surface area contributed by atoms with Gasteiger partial charge in [0.05, 0.1) is 5.16 Å². The van der Waals surface area contributed by atoms with E-state index in [0.29, 0.717) is 10.0 Å². The first-order chi connectivity index (χ1) is 8.70. The predicted octanol–water partition coefficient (Wildman–Crippen LogP) is 5.19. The first-order valence-electron chi connectivity index (χ1n) is 5.28. The molecule has 0 saturated carbocycles. The molecule has 0 atom stereocenters. The number of hydrogen-bond acceptors (Lipinski definition) is 2. The van der Waals surface area contributed by atoms with Crippen molar-refractivity contribution in [3.63, 3.8) is 0 Å². The van der Waals surface area contributed by atoms with E-state index >= 15 is 0 Å². The predicted molar refractivity (Wildman–Crippen MR) is 79.8 cm³/mol. The van der Waals surface area contributed by atoms with Crippen LogP contribution in [-0.4, -0.2) is 5.16 Å². The molecule has 0 radical (unpaired) electrons. The van der Waals surface area contributed by atoms with Crippen LogP contribution in [0.3, 0.4) is 0 Å². The van der Waals surface area contributed by atoms with E-state index in [0.717, 1.165) is 11.1 Å². The van der Waals surface area contributed by atoms with Gasteiger partial charge in [0.1, 0.15) is 6.04 Å². The van der Waals surface area contributed by atoms with E-state index in [4.69, 9.17) is 35.4 Å². The van der Waals surface area contributed by atoms with Crippen molar-refractivity contribution in [2.75, 3.05) is 0 Å². The number of rotatable bonds is 3. The molecule has 2 aromatic carbocycles. The zero-order chi connectivity index (χ0) is 13.0. The topological polar surface area (TPSA) is 12.4 Å². The van der Waals surface area contributed by atoms with E-state index < -0.39 is 0 Å². The third kappa shape index (κ3) is 3.18. The summed E-state index contributed by atoms with van der Waals surface area (Å²) in [6, 6.07) is 14.9. The highest BCUT2D eigenvalue weighted by Gasteiger charge is 2.12. The maximum absolute atomic E-state index is 5.88. The summed E-state index contributed by atoms with van der Waals surface area (Å²) < 4.78 is 0. The van der Waals surface area contributed by atoms with Gasteiger partial charge in [-0.1, -0.05) is 47.5 Å². The molecule has 0 saturated heterocycles. The highest BCUT2D eigenvalue weighted by Crippen LogP contribution is 2.27. The molecule has 0 aromatic heterocycles. The van der Waals surface area contributed by atoms with Crippen LogP contribution >= 0.6 is 35.4 Å². The Morgan fingerprint density at radius 2 is 1.22 bits per heavy atom. The lowest BCUT2D eigenvalue weighted by molar-refractivity contribution is 0.881. The third-order valence-electron chi connectivity index (χ3n) is 2.55. The fourth-order valence-electron chi connectivity index (χ4n) is 1.68. The lowest BCUT2D eigenvalue weighted by atomic mass is 9.99. The van der Waals surface area contributed by atoms with Crippen LogP contribution in [0.5, 0.6) is 0 Å². The van der Waals surface area contributed by atoms with Crippen molar-refractivity contribution in [1.29, 1.82) is 0 Å². The van der Waals surface area contributed by atoms with Gasteiger partial charge >= 0.3 is 0 Å². The summed E-state index contributed by atoms with van der Waals surface area (Å²) in [6.45, 7) is 0. The van der Waals surface area contributed by atoms with Gasteiger partial charge in [0.25, 0.3) is 0 Å². The molecule has 0 unspecified atom stereocenters. The number of hydrogen-bond donors (Lipinski definition) is 0. The van der Waals surface area contributed by atoms with Gasteiger partial charge in [0, 0.05) is 10.0 Å². The van der Waals surface area contributed by atoms with E-state index in [1.54, 1.807) is 0 Å². The summed E-state index contributed by atoms with van der Waals surface area (Å²) in [5, 5.41) is 3.83. The molecule has 1 nitrogen and oxygen atoms in total. The number of aliphatic imine (C=N–C) groups is 1. The van der Waals surface area contributed by atoms with Crippen molar-refractivity contribution in [3.05, 3.63) is 69.7 Å². The molecule has 0 amide bonds. The second-order valence-corrected chi connectivity index (χ2v) is 4.78. The monoisotopic (exact) mass is 293 g/mol. The maximum atomic E-state index is 5.88. The quantitative estimate of drug-likeness (QED) is 0.561. The summed E-state index contributed by atoms with van der Waals surface area (Å²) >= 11 is 16.5. The highest BCUT2D eigenvalue weighted by molar-refractivity contribution is 7.78. The van der Waals surface area contributed by atoms with Crippen LogP contribution in [0.25, 0.3) is 0 Å².